The zero-order valence-electron chi connectivity index (χ0n) is 11.9. The van der Waals surface area contributed by atoms with Gasteiger partial charge in [-0.15, -0.1) is 0 Å². The molecule has 1 aliphatic carbocycles. The number of ether oxygens (including phenoxy) is 1. The molecule has 0 bridgehead atoms. The van der Waals surface area contributed by atoms with E-state index in [0.29, 0.717) is 25.0 Å². The lowest BCUT2D eigenvalue weighted by Crippen LogP contribution is -2.25. The number of anilines is 1. The smallest absolute Gasteiger partial charge is 0.306 e. The summed E-state index contributed by atoms with van der Waals surface area (Å²) in [4.78, 5) is 19.7. The second-order valence-electron chi connectivity index (χ2n) is 5.12. The minimum atomic E-state index is -0.700. The minimum Gasteiger partial charge on any atom is -0.481 e. The number of carbonyl (C=O) groups is 1. The fraction of sp³-hybridized carbons (Fsp3) is 0.643. The number of carboxylic acids is 1. The molecule has 1 aromatic heterocycles. The molecule has 0 saturated heterocycles. The maximum atomic E-state index is 11.1. The molecule has 1 heterocycles. The predicted octanol–water partition coefficient (Wildman–Crippen LogP) is 2.10. The lowest BCUT2D eigenvalue weighted by atomic mass is 9.96. The van der Waals surface area contributed by atoms with E-state index in [0.717, 1.165) is 25.0 Å². The third-order valence-corrected chi connectivity index (χ3v) is 3.62. The Morgan fingerprint density at radius 3 is 3.00 bits per heavy atom. The molecule has 2 unspecified atom stereocenters. The standard InChI is InChI=1S/C14H21N3O3/c1-3-20-12-7-9(2)16-14(17-12)15-8-10-5-4-6-11(10)13(18)19/h7,10-11H,3-6,8H2,1-2H3,(H,18,19)(H,15,16,17). The molecule has 6 heteroatoms. The molecule has 110 valence electrons. The van der Waals surface area contributed by atoms with Crippen molar-refractivity contribution in [1.82, 2.24) is 9.97 Å². The van der Waals surface area contributed by atoms with Gasteiger partial charge in [0.15, 0.2) is 0 Å². The molecule has 2 rings (SSSR count). The van der Waals surface area contributed by atoms with Crippen LogP contribution in [0.15, 0.2) is 6.07 Å². The van der Waals surface area contributed by atoms with E-state index < -0.39 is 5.97 Å². The summed E-state index contributed by atoms with van der Waals surface area (Å²) in [5, 5.41) is 12.3. The van der Waals surface area contributed by atoms with E-state index in [1.165, 1.54) is 0 Å². The van der Waals surface area contributed by atoms with Gasteiger partial charge in [0, 0.05) is 18.3 Å². The van der Waals surface area contributed by atoms with Crippen molar-refractivity contribution in [3.8, 4) is 5.88 Å². The normalized spacial score (nSPS) is 21.7. The van der Waals surface area contributed by atoms with Crippen molar-refractivity contribution < 1.29 is 14.6 Å². The predicted molar refractivity (Wildman–Crippen MR) is 74.9 cm³/mol. The van der Waals surface area contributed by atoms with Gasteiger partial charge in [-0.2, -0.15) is 4.98 Å². The number of nitrogens with one attached hydrogen (secondary N) is 1. The van der Waals surface area contributed by atoms with Gasteiger partial charge >= 0.3 is 5.97 Å². The number of aromatic nitrogens is 2. The molecule has 0 radical (unpaired) electrons. The Kier molecular flexibility index (Phi) is 4.76. The fourth-order valence-corrected chi connectivity index (χ4v) is 2.67. The first kappa shape index (κ1) is 14.6. The van der Waals surface area contributed by atoms with E-state index in [1.54, 1.807) is 6.07 Å². The summed E-state index contributed by atoms with van der Waals surface area (Å²) in [6.45, 7) is 4.93. The lowest BCUT2D eigenvalue weighted by molar-refractivity contribution is -0.142. The van der Waals surface area contributed by atoms with Crippen LogP contribution in [0.3, 0.4) is 0 Å². The topological polar surface area (TPSA) is 84.3 Å². The summed E-state index contributed by atoms with van der Waals surface area (Å²) in [5.74, 6) is 0.244. The van der Waals surface area contributed by atoms with E-state index >= 15 is 0 Å². The van der Waals surface area contributed by atoms with Crippen molar-refractivity contribution in [2.24, 2.45) is 11.8 Å². The summed E-state index contributed by atoms with van der Waals surface area (Å²) in [6, 6.07) is 1.78. The van der Waals surface area contributed by atoms with E-state index in [4.69, 9.17) is 9.84 Å². The van der Waals surface area contributed by atoms with Crippen LogP contribution >= 0.6 is 0 Å². The zero-order chi connectivity index (χ0) is 14.5. The Morgan fingerprint density at radius 1 is 1.50 bits per heavy atom. The molecule has 1 fully saturated rings. The largest absolute Gasteiger partial charge is 0.481 e. The number of nitrogens with zero attached hydrogens (tertiary/aromatic N) is 2. The summed E-state index contributed by atoms with van der Waals surface area (Å²) >= 11 is 0. The molecule has 0 aromatic carbocycles. The minimum absolute atomic E-state index is 0.146. The molecule has 1 saturated carbocycles. The number of hydrogen-bond donors (Lipinski definition) is 2. The zero-order valence-corrected chi connectivity index (χ0v) is 11.9. The molecular weight excluding hydrogens is 258 g/mol. The Balaban J connectivity index is 1.98. The van der Waals surface area contributed by atoms with Gasteiger partial charge in [-0.25, -0.2) is 4.98 Å². The Labute approximate surface area is 118 Å². The van der Waals surface area contributed by atoms with Gasteiger partial charge in [0.05, 0.1) is 12.5 Å². The molecule has 1 aromatic rings. The second-order valence-corrected chi connectivity index (χ2v) is 5.12. The molecule has 2 N–H and O–H groups in total. The van der Waals surface area contributed by atoms with Gasteiger partial charge in [-0.05, 0) is 32.6 Å². The van der Waals surface area contributed by atoms with Crippen LogP contribution < -0.4 is 10.1 Å². The third kappa shape index (κ3) is 3.59. The van der Waals surface area contributed by atoms with Gasteiger partial charge in [-0.1, -0.05) is 6.42 Å². The Bertz CT molecular complexity index is 479. The van der Waals surface area contributed by atoms with E-state index in [1.807, 2.05) is 13.8 Å². The van der Waals surface area contributed by atoms with Gasteiger partial charge in [0.2, 0.25) is 11.8 Å². The molecule has 0 spiro atoms. The van der Waals surface area contributed by atoms with Crippen molar-refractivity contribution in [2.45, 2.75) is 33.1 Å². The molecule has 0 aliphatic heterocycles. The van der Waals surface area contributed by atoms with Crippen LogP contribution in [0.25, 0.3) is 0 Å². The van der Waals surface area contributed by atoms with E-state index in [2.05, 4.69) is 15.3 Å². The molecule has 20 heavy (non-hydrogen) atoms. The molecular formula is C14H21N3O3. The van der Waals surface area contributed by atoms with E-state index in [-0.39, 0.29) is 11.8 Å². The number of aryl methyl sites for hydroxylation is 1. The number of carboxylic acid groups (broad SMARTS) is 1. The lowest BCUT2D eigenvalue weighted by Gasteiger charge is -2.16. The molecule has 0 amide bonds. The summed E-state index contributed by atoms with van der Waals surface area (Å²) in [5.41, 5.74) is 0.826. The third-order valence-electron chi connectivity index (χ3n) is 3.62. The number of aliphatic carboxylic acids is 1. The summed E-state index contributed by atoms with van der Waals surface area (Å²) in [7, 11) is 0. The maximum Gasteiger partial charge on any atom is 0.306 e. The van der Waals surface area contributed by atoms with Crippen LogP contribution in [-0.2, 0) is 4.79 Å². The van der Waals surface area contributed by atoms with Crippen LogP contribution in [-0.4, -0.2) is 34.2 Å². The number of hydrogen-bond acceptors (Lipinski definition) is 5. The first-order valence-corrected chi connectivity index (χ1v) is 7.05. The average Bonchev–Trinajstić information content (AvgIpc) is 2.84. The Morgan fingerprint density at radius 2 is 2.30 bits per heavy atom. The first-order chi connectivity index (χ1) is 9.60. The van der Waals surface area contributed by atoms with Gasteiger partial charge in [0.25, 0.3) is 0 Å². The van der Waals surface area contributed by atoms with Crippen LogP contribution in [0.5, 0.6) is 5.88 Å². The monoisotopic (exact) mass is 279 g/mol. The van der Waals surface area contributed by atoms with Crippen molar-refractivity contribution in [1.29, 1.82) is 0 Å². The average molecular weight is 279 g/mol. The first-order valence-electron chi connectivity index (χ1n) is 7.05. The highest BCUT2D eigenvalue weighted by molar-refractivity contribution is 5.70. The van der Waals surface area contributed by atoms with Crippen molar-refractivity contribution >= 4 is 11.9 Å². The van der Waals surface area contributed by atoms with Crippen molar-refractivity contribution in [2.75, 3.05) is 18.5 Å². The highest BCUT2D eigenvalue weighted by atomic mass is 16.5. The van der Waals surface area contributed by atoms with Crippen molar-refractivity contribution in [3.63, 3.8) is 0 Å². The summed E-state index contributed by atoms with van der Waals surface area (Å²) in [6.07, 6.45) is 2.68. The quantitative estimate of drug-likeness (QED) is 0.829. The van der Waals surface area contributed by atoms with Crippen LogP contribution in [0.2, 0.25) is 0 Å². The molecule has 2 atom stereocenters. The van der Waals surface area contributed by atoms with Crippen LogP contribution in [0.1, 0.15) is 31.9 Å². The highest BCUT2D eigenvalue weighted by Crippen LogP contribution is 2.31. The fourth-order valence-electron chi connectivity index (χ4n) is 2.67. The van der Waals surface area contributed by atoms with Gasteiger partial charge < -0.3 is 15.2 Å². The SMILES string of the molecule is CCOc1cc(C)nc(NCC2CCCC2C(=O)O)n1. The number of rotatable bonds is 6. The Hall–Kier alpha value is -1.85. The summed E-state index contributed by atoms with van der Waals surface area (Å²) < 4.78 is 5.37. The van der Waals surface area contributed by atoms with Crippen LogP contribution in [0, 0.1) is 18.8 Å². The van der Waals surface area contributed by atoms with Gasteiger partial charge in [0.1, 0.15) is 0 Å². The maximum absolute atomic E-state index is 11.1. The molecule has 6 nitrogen and oxygen atoms in total. The molecule has 1 aliphatic rings. The van der Waals surface area contributed by atoms with Crippen LogP contribution in [0.4, 0.5) is 5.95 Å². The van der Waals surface area contributed by atoms with E-state index in [9.17, 15) is 4.79 Å². The second kappa shape index (κ2) is 6.54. The van der Waals surface area contributed by atoms with Crippen molar-refractivity contribution in [3.05, 3.63) is 11.8 Å². The van der Waals surface area contributed by atoms with Gasteiger partial charge in [-0.3, -0.25) is 4.79 Å². The highest BCUT2D eigenvalue weighted by Gasteiger charge is 2.32.